The minimum atomic E-state index is -1.53. The van der Waals surface area contributed by atoms with Gasteiger partial charge in [-0.05, 0) is 28.7 Å². The molecule has 3 N–H and O–H groups in total. The second-order valence-electron chi connectivity index (χ2n) is 3.99. The zero-order valence-corrected chi connectivity index (χ0v) is 9.49. The van der Waals surface area contributed by atoms with Crippen molar-refractivity contribution >= 4 is 12.6 Å². The van der Waals surface area contributed by atoms with Gasteiger partial charge >= 0.3 is 7.12 Å². The van der Waals surface area contributed by atoms with Crippen LogP contribution in [0.5, 0.6) is 0 Å². The number of aliphatic hydroxyl groups is 1. The molecule has 0 saturated heterocycles. The SMILES string of the molecule is OB(O)c1ccc(C(O)c2ccc(F)cc2)cc1. The van der Waals surface area contributed by atoms with Gasteiger partial charge in [-0.15, -0.1) is 0 Å². The number of halogens is 1. The standard InChI is InChI=1S/C13H12BFO3/c15-12-7-3-10(4-8-12)13(16)9-1-5-11(6-2-9)14(17)18/h1-8,13,16-18H. The minimum Gasteiger partial charge on any atom is -0.423 e. The van der Waals surface area contributed by atoms with Gasteiger partial charge in [0.15, 0.2) is 0 Å². The minimum absolute atomic E-state index is 0.352. The molecule has 1 atom stereocenters. The van der Waals surface area contributed by atoms with Crippen LogP contribution in [0, 0.1) is 5.82 Å². The fraction of sp³-hybridized carbons (Fsp3) is 0.0769. The van der Waals surface area contributed by atoms with Crippen LogP contribution in [0.3, 0.4) is 0 Å². The molecule has 0 fully saturated rings. The normalized spacial score (nSPS) is 12.2. The molecule has 0 saturated carbocycles. The summed E-state index contributed by atoms with van der Waals surface area (Å²) in [6.07, 6.45) is -0.865. The van der Waals surface area contributed by atoms with E-state index in [1.807, 2.05) is 0 Å². The van der Waals surface area contributed by atoms with Crippen molar-refractivity contribution in [2.45, 2.75) is 6.10 Å². The molecular weight excluding hydrogens is 234 g/mol. The molecule has 0 aliphatic carbocycles. The van der Waals surface area contributed by atoms with E-state index in [0.29, 0.717) is 16.6 Å². The molecule has 0 bridgehead atoms. The van der Waals surface area contributed by atoms with E-state index in [0.717, 1.165) is 0 Å². The zero-order valence-electron chi connectivity index (χ0n) is 9.49. The lowest BCUT2D eigenvalue weighted by Crippen LogP contribution is -2.29. The molecule has 5 heteroatoms. The number of benzene rings is 2. The lowest BCUT2D eigenvalue weighted by atomic mass is 9.80. The Bertz CT molecular complexity index is 511. The van der Waals surface area contributed by atoms with Crippen LogP contribution in [0.15, 0.2) is 48.5 Å². The summed E-state index contributed by atoms with van der Waals surface area (Å²) in [5.41, 5.74) is 1.53. The number of hydrogen-bond acceptors (Lipinski definition) is 3. The summed E-state index contributed by atoms with van der Waals surface area (Å²) in [5.74, 6) is -0.357. The van der Waals surface area contributed by atoms with Crippen molar-refractivity contribution in [3.05, 3.63) is 65.5 Å². The van der Waals surface area contributed by atoms with Gasteiger partial charge < -0.3 is 15.2 Å². The van der Waals surface area contributed by atoms with Crippen LogP contribution in [0.2, 0.25) is 0 Å². The topological polar surface area (TPSA) is 60.7 Å². The lowest BCUT2D eigenvalue weighted by Gasteiger charge is -2.12. The molecule has 2 aromatic rings. The first kappa shape index (κ1) is 12.8. The highest BCUT2D eigenvalue weighted by Gasteiger charge is 2.13. The molecule has 0 aliphatic heterocycles. The highest BCUT2D eigenvalue weighted by Crippen LogP contribution is 2.21. The molecule has 18 heavy (non-hydrogen) atoms. The van der Waals surface area contributed by atoms with Gasteiger partial charge in [0.05, 0.1) is 0 Å². The highest BCUT2D eigenvalue weighted by molar-refractivity contribution is 6.58. The molecule has 0 heterocycles. The van der Waals surface area contributed by atoms with Crippen molar-refractivity contribution in [3.63, 3.8) is 0 Å². The van der Waals surface area contributed by atoms with E-state index in [1.165, 1.54) is 36.4 Å². The molecule has 0 spiro atoms. The Morgan fingerprint density at radius 3 is 1.72 bits per heavy atom. The summed E-state index contributed by atoms with van der Waals surface area (Å²) in [4.78, 5) is 0. The summed E-state index contributed by atoms with van der Waals surface area (Å²) >= 11 is 0. The van der Waals surface area contributed by atoms with Gasteiger partial charge in [-0.25, -0.2) is 4.39 Å². The van der Waals surface area contributed by atoms with Crippen molar-refractivity contribution in [1.82, 2.24) is 0 Å². The maximum atomic E-state index is 12.8. The number of hydrogen-bond donors (Lipinski definition) is 3. The molecular formula is C13H12BFO3. The molecule has 2 aromatic carbocycles. The Labute approximate surface area is 104 Å². The van der Waals surface area contributed by atoms with Gasteiger partial charge in [-0.2, -0.15) is 0 Å². The Morgan fingerprint density at radius 2 is 1.28 bits per heavy atom. The molecule has 3 nitrogen and oxygen atoms in total. The van der Waals surface area contributed by atoms with Crippen molar-refractivity contribution in [3.8, 4) is 0 Å². The second kappa shape index (κ2) is 5.31. The molecule has 0 radical (unpaired) electrons. The summed E-state index contributed by atoms with van der Waals surface area (Å²) in [7, 11) is -1.53. The van der Waals surface area contributed by atoms with Gasteiger partial charge in [-0.3, -0.25) is 0 Å². The third-order valence-electron chi connectivity index (χ3n) is 2.74. The monoisotopic (exact) mass is 246 g/mol. The summed E-state index contributed by atoms with van der Waals surface area (Å²) < 4.78 is 12.8. The van der Waals surface area contributed by atoms with Gasteiger partial charge in [0.2, 0.25) is 0 Å². The second-order valence-corrected chi connectivity index (χ2v) is 3.99. The van der Waals surface area contributed by atoms with E-state index in [9.17, 15) is 9.50 Å². The fourth-order valence-corrected chi connectivity index (χ4v) is 1.69. The zero-order chi connectivity index (χ0) is 13.1. The Morgan fingerprint density at radius 1 is 0.833 bits per heavy atom. The van der Waals surface area contributed by atoms with Crippen molar-refractivity contribution < 1.29 is 19.5 Å². The lowest BCUT2D eigenvalue weighted by molar-refractivity contribution is 0.220. The first-order valence-corrected chi connectivity index (χ1v) is 5.47. The maximum Gasteiger partial charge on any atom is 0.488 e. The van der Waals surface area contributed by atoms with Gasteiger partial charge in [-0.1, -0.05) is 36.4 Å². The fourth-order valence-electron chi connectivity index (χ4n) is 1.69. The average Bonchev–Trinajstić information content (AvgIpc) is 2.39. The van der Waals surface area contributed by atoms with E-state index >= 15 is 0 Å². The summed E-state index contributed by atoms with van der Waals surface area (Å²) in [5, 5.41) is 28.0. The van der Waals surface area contributed by atoms with Crippen LogP contribution >= 0.6 is 0 Å². The third kappa shape index (κ3) is 2.76. The van der Waals surface area contributed by atoms with Crippen LogP contribution < -0.4 is 5.46 Å². The molecule has 0 aliphatic rings. The third-order valence-corrected chi connectivity index (χ3v) is 2.74. The van der Waals surface area contributed by atoms with Crippen LogP contribution in [-0.2, 0) is 0 Å². The Kier molecular flexibility index (Phi) is 3.76. The highest BCUT2D eigenvalue weighted by atomic mass is 19.1. The van der Waals surface area contributed by atoms with Crippen LogP contribution in [0.25, 0.3) is 0 Å². The van der Waals surface area contributed by atoms with E-state index < -0.39 is 13.2 Å². The largest absolute Gasteiger partial charge is 0.488 e. The smallest absolute Gasteiger partial charge is 0.423 e. The van der Waals surface area contributed by atoms with Gasteiger partial charge in [0, 0.05) is 0 Å². The Hall–Kier alpha value is -1.69. The maximum absolute atomic E-state index is 12.8. The first-order valence-electron chi connectivity index (χ1n) is 5.47. The Balaban J connectivity index is 2.23. The molecule has 92 valence electrons. The van der Waals surface area contributed by atoms with Gasteiger partial charge in [0.1, 0.15) is 11.9 Å². The first-order chi connectivity index (χ1) is 8.58. The predicted octanol–water partition coefficient (Wildman–Crippen LogP) is 0.587. The van der Waals surface area contributed by atoms with Crippen molar-refractivity contribution in [2.75, 3.05) is 0 Å². The summed E-state index contributed by atoms with van der Waals surface area (Å²) in [6.45, 7) is 0. The molecule has 0 amide bonds. The molecule has 0 aromatic heterocycles. The van der Waals surface area contributed by atoms with E-state index in [2.05, 4.69) is 0 Å². The van der Waals surface area contributed by atoms with E-state index in [1.54, 1.807) is 12.1 Å². The van der Waals surface area contributed by atoms with E-state index in [-0.39, 0.29) is 5.82 Å². The van der Waals surface area contributed by atoms with Crippen molar-refractivity contribution in [2.24, 2.45) is 0 Å². The van der Waals surface area contributed by atoms with Crippen LogP contribution in [0.1, 0.15) is 17.2 Å². The quantitative estimate of drug-likeness (QED) is 0.694. The molecule has 2 rings (SSSR count). The molecule has 1 unspecified atom stereocenters. The van der Waals surface area contributed by atoms with E-state index in [4.69, 9.17) is 10.0 Å². The van der Waals surface area contributed by atoms with Crippen molar-refractivity contribution in [1.29, 1.82) is 0 Å². The summed E-state index contributed by atoms with van der Waals surface area (Å²) in [6, 6.07) is 11.8. The predicted molar refractivity (Wildman–Crippen MR) is 66.7 cm³/mol. The average molecular weight is 246 g/mol. The van der Waals surface area contributed by atoms with Crippen LogP contribution in [-0.4, -0.2) is 22.3 Å². The van der Waals surface area contributed by atoms with Crippen LogP contribution in [0.4, 0.5) is 4.39 Å². The number of aliphatic hydroxyl groups excluding tert-OH is 1. The number of rotatable bonds is 3. The van der Waals surface area contributed by atoms with Gasteiger partial charge in [0.25, 0.3) is 0 Å².